The van der Waals surface area contributed by atoms with E-state index >= 15 is 0 Å². The van der Waals surface area contributed by atoms with Crippen molar-refractivity contribution in [1.82, 2.24) is 4.57 Å². The topological polar surface area (TPSA) is 100 Å². The van der Waals surface area contributed by atoms with Gasteiger partial charge in [-0.15, -0.1) is 17.7 Å². The summed E-state index contributed by atoms with van der Waals surface area (Å²) in [6, 6.07) is 3.42. The molecule has 7 nitrogen and oxygen atoms in total. The summed E-state index contributed by atoms with van der Waals surface area (Å²) < 4.78 is 51.5. The highest BCUT2D eigenvalue weighted by molar-refractivity contribution is 5.90. The van der Waals surface area contributed by atoms with Crippen molar-refractivity contribution in [3.63, 3.8) is 0 Å². The van der Waals surface area contributed by atoms with Crippen LogP contribution in [0.4, 0.5) is 13.2 Å². The molecule has 2 aromatic heterocycles. The minimum absolute atomic E-state index is 0.0841. The fourth-order valence-corrected chi connectivity index (χ4v) is 2.31. The first-order valence-electron chi connectivity index (χ1n) is 6.38. The summed E-state index contributed by atoms with van der Waals surface area (Å²) in [5, 5.41) is 0.273. The molecule has 122 valence electrons. The molecule has 0 atom stereocenters. The van der Waals surface area contributed by atoms with Crippen LogP contribution in [0.5, 0.6) is 5.75 Å². The molecule has 2 heterocycles. The largest absolute Gasteiger partial charge is 0.573 e. The Morgan fingerprint density at radius 3 is 2.61 bits per heavy atom. The maximum absolute atomic E-state index is 12.3. The number of benzene rings is 1. The third-order valence-corrected chi connectivity index (χ3v) is 3.11. The molecule has 3 aromatic rings. The number of hydrogen-bond acceptors (Lipinski definition) is 6. The van der Waals surface area contributed by atoms with Crippen molar-refractivity contribution in [2.45, 2.75) is 12.8 Å². The van der Waals surface area contributed by atoms with Crippen LogP contribution in [0.1, 0.15) is 5.56 Å². The molecule has 10 heteroatoms. The van der Waals surface area contributed by atoms with E-state index in [0.29, 0.717) is 5.56 Å². The molecule has 23 heavy (non-hydrogen) atoms. The SMILES string of the molecule is NCCc1c2cc(OC(F)(F)F)ccc2n2oc(=O)c(=O)oc12. The van der Waals surface area contributed by atoms with E-state index in [4.69, 9.17) is 14.7 Å². The van der Waals surface area contributed by atoms with Gasteiger partial charge in [-0.25, -0.2) is 9.59 Å². The average molecular weight is 330 g/mol. The molecule has 0 aliphatic heterocycles. The van der Waals surface area contributed by atoms with Crippen LogP contribution in [-0.4, -0.2) is 17.5 Å². The Hall–Kier alpha value is -2.75. The Morgan fingerprint density at radius 1 is 1.22 bits per heavy atom. The molecule has 0 aliphatic rings. The van der Waals surface area contributed by atoms with Crippen LogP contribution in [0.3, 0.4) is 0 Å². The Labute approximate surface area is 124 Å². The summed E-state index contributed by atoms with van der Waals surface area (Å²) in [5.41, 5.74) is 3.54. The van der Waals surface area contributed by atoms with E-state index in [9.17, 15) is 22.8 Å². The van der Waals surface area contributed by atoms with Crippen LogP contribution in [0, 0.1) is 0 Å². The van der Waals surface area contributed by atoms with E-state index in [0.717, 1.165) is 16.7 Å². The molecule has 0 unspecified atom stereocenters. The van der Waals surface area contributed by atoms with E-state index in [1.807, 2.05) is 0 Å². The highest BCUT2D eigenvalue weighted by atomic mass is 19.4. The van der Waals surface area contributed by atoms with E-state index in [1.165, 1.54) is 6.07 Å². The van der Waals surface area contributed by atoms with Crippen molar-refractivity contribution in [1.29, 1.82) is 0 Å². The van der Waals surface area contributed by atoms with Crippen LogP contribution in [-0.2, 0) is 6.42 Å². The van der Waals surface area contributed by atoms with E-state index < -0.39 is 23.4 Å². The van der Waals surface area contributed by atoms with Gasteiger partial charge in [0, 0.05) is 10.9 Å². The average Bonchev–Trinajstić information content (AvgIpc) is 2.72. The number of hydrogen-bond donors (Lipinski definition) is 1. The maximum Gasteiger partial charge on any atom is 0.573 e. The molecule has 0 saturated heterocycles. The van der Waals surface area contributed by atoms with Crippen LogP contribution in [0.15, 0.2) is 36.7 Å². The molecular formula is C13H9F3N2O5. The van der Waals surface area contributed by atoms with Crippen molar-refractivity contribution in [3.8, 4) is 5.75 Å². The van der Waals surface area contributed by atoms with Crippen molar-refractivity contribution in [2.24, 2.45) is 5.73 Å². The molecule has 0 bridgehead atoms. The zero-order chi connectivity index (χ0) is 16.8. The lowest BCUT2D eigenvalue weighted by molar-refractivity contribution is -0.274. The third-order valence-electron chi connectivity index (χ3n) is 3.11. The standard InChI is InChI=1S/C13H9F3N2O5/c14-13(15,16)22-6-1-2-9-8(5-6)7(3-4-17)10-18(9)23-12(20)11(19)21-10/h1-2,5H,3-4,17H2. The lowest BCUT2D eigenvalue weighted by Gasteiger charge is -2.08. The Kier molecular flexibility index (Phi) is 3.40. The van der Waals surface area contributed by atoms with Crippen molar-refractivity contribution < 1.29 is 26.8 Å². The number of nitrogens with two attached hydrogens (primary N) is 1. The molecule has 0 amide bonds. The number of ether oxygens (including phenoxy) is 1. The first-order chi connectivity index (χ1) is 10.8. The predicted molar refractivity (Wildman–Crippen MR) is 71.4 cm³/mol. The molecule has 2 N–H and O–H groups in total. The summed E-state index contributed by atoms with van der Waals surface area (Å²) in [6.45, 7) is 0.141. The van der Waals surface area contributed by atoms with Gasteiger partial charge in [-0.3, -0.25) is 0 Å². The lowest BCUT2D eigenvalue weighted by atomic mass is 10.1. The van der Waals surface area contributed by atoms with Crippen LogP contribution >= 0.6 is 0 Å². The second kappa shape index (κ2) is 5.16. The molecule has 0 saturated carbocycles. The predicted octanol–water partition coefficient (Wildman–Crippen LogP) is 1.40. The molecule has 3 rings (SSSR count). The van der Waals surface area contributed by atoms with Gasteiger partial charge in [-0.2, -0.15) is 0 Å². The molecule has 0 aliphatic carbocycles. The van der Waals surface area contributed by atoms with Gasteiger partial charge in [0.1, 0.15) is 5.75 Å². The first kappa shape index (κ1) is 15.2. The number of fused-ring (bicyclic) bond motifs is 3. The normalized spacial score (nSPS) is 12.2. The minimum atomic E-state index is -4.85. The Balaban J connectivity index is 2.33. The third kappa shape index (κ3) is 2.68. The molecule has 0 spiro atoms. The number of nitrogens with zero attached hydrogens (tertiary/aromatic N) is 1. The summed E-state index contributed by atoms with van der Waals surface area (Å²) >= 11 is 0. The summed E-state index contributed by atoms with van der Waals surface area (Å²) in [5.74, 6) is -0.455. The minimum Gasteiger partial charge on any atom is -0.406 e. The number of alkyl halides is 3. The zero-order valence-corrected chi connectivity index (χ0v) is 11.3. The second-order valence-corrected chi connectivity index (χ2v) is 4.61. The Bertz CT molecular complexity index is 999. The first-order valence-corrected chi connectivity index (χ1v) is 6.38. The van der Waals surface area contributed by atoms with Gasteiger partial charge in [0.15, 0.2) is 0 Å². The van der Waals surface area contributed by atoms with Gasteiger partial charge >= 0.3 is 17.6 Å². The fraction of sp³-hybridized carbons (Fsp3) is 0.231. The molecule has 0 radical (unpaired) electrons. The van der Waals surface area contributed by atoms with Gasteiger partial charge < -0.3 is 19.4 Å². The van der Waals surface area contributed by atoms with Crippen LogP contribution in [0.25, 0.3) is 16.6 Å². The zero-order valence-electron chi connectivity index (χ0n) is 11.3. The quantitative estimate of drug-likeness (QED) is 0.729. The molecular weight excluding hydrogens is 321 g/mol. The van der Waals surface area contributed by atoms with Gasteiger partial charge in [-0.1, -0.05) is 0 Å². The fourth-order valence-electron chi connectivity index (χ4n) is 2.31. The molecule has 1 aromatic carbocycles. The summed E-state index contributed by atoms with van der Waals surface area (Å²) in [4.78, 5) is 22.6. The van der Waals surface area contributed by atoms with Crippen molar-refractivity contribution >= 4 is 16.6 Å². The monoisotopic (exact) mass is 330 g/mol. The number of halogens is 3. The second-order valence-electron chi connectivity index (χ2n) is 4.61. The van der Waals surface area contributed by atoms with Gasteiger partial charge in [-0.05, 0) is 31.2 Å². The van der Waals surface area contributed by atoms with Gasteiger partial charge in [0.25, 0.3) is 0 Å². The Morgan fingerprint density at radius 2 is 1.96 bits per heavy atom. The van der Waals surface area contributed by atoms with Crippen molar-refractivity contribution in [2.75, 3.05) is 6.54 Å². The van der Waals surface area contributed by atoms with Crippen LogP contribution < -0.4 is 21.7 Å². The maximum atomic E-state index is 12.3. The van der Waals surface area contributed by atoms with Gasteiger partial charge in [0.05, 0.1) is 5.52 Å². The smallest absolute Gasteiger partial charge is 0.406 e. The van der Waals surface area contributed by atoms with Crippen LogP contribution in [0.2, 0.25) is 0 Å². The number of rotatable bonds is 3. The molecule has 0 fully saturated rings. The summed E-state index contributed by atoms with van der Waals surface area (Å²) in [7, 11) is 0. The van der Waals surface area contributed by atoms with Crippen molar-refractivity contribution in [3.05, 3.63) is 44.6 Å². The van der Waals surface area contributed by atoms with E-state index in [2.05, 4.69) is 4.74 Å². The lowest BCUT2D eigenvalue weighted by Crippen LogP contribution is -2.23. The van der Waals surface area contributed by atoms with Gasteiger partial charge in [0.2, 0.25) is 5.71 Å². The van der Waals surface area contributed by atoms with E-state index in [1.54, 1.807) is 0 Å². The highest BCUT2D eigenvalue weighted by Gasteiger charge is 2.31. The summed E-state index contributed by atoms with van der Waals surface area (Å²) in [6.07, 6.45) is -4.65. The number of aromatic nitrogens is 1. The van der Waals surface area contributed by atoms with E-state index in [-0.39, 0.29) is 29.6 Å². The highest BCUT2D eigenvalue weighted by Crippen LogP contribution is 2.31.